The first-order valence-corrected chi connectivity index (χ1v) is 4.14. The molecule has 2 unspecified atom stereocenters. The summed E-state index contributed by atoms with van der Waals surface area (Å²) in [6.45, 7) is 8.11. The van der Waals surface area contributed by atoms with Crippen LogP contribution in [0.25, 0.3) is 0 Å². The van der Waals surface area contributed by atoms with Crippen LogP contribution in [0.1, 0.15) is 25.7 Å². The molecule has 0 nitrogen and oxygen atoms in total. The fourth-order valence-corrected chi connectivity index (χ4v) is 2.35. The van der Waals surface area contributed by atoms with Gasteiger partial charge in [-0.15, -0.1) is 0 Å². The van der Waals surface area contributed by atoms with Crippen LogP contribution in [-0.4, -0.2) is 0 Å². The van der Waals surface area contributed by atoms with Gasteiger partial charge in [-0.05, 0) is 43.1 Å². The Morgan fingerprint density at radius 1 is 1.20 bits per heavy atom. The molecular formula is C10H14. The van der Waals surface area contributed by atoms with Crippen molar-refractivity contribution in [3.63, 3.8) is 0 Å². The predicted octanol–water partition coefficient (Wildman–Crippen LogP) is 2.92. The molecular weight excluding hydrogens is 120 g/mol. The lowest BCUT2D eigenvalue weighted by Crippen LogP contribution is -2.09. The second-order valence-electron chi connectivity index (χ2n) is 3.71. The quantitative estimate of drug-likeness (QED) is 0.478. The molecule has 2 aliphatic rings. The van der Waals surface area contributed by atoms with E-state index in [-0.39, 0.29) is 0 Å². The van der Waals surface area contributed by atoms with Gasteiger partial charge in [0, 0.05) is 0 Å². The number of hydrogen-bond donors (Lipinski definition) is 0. The number of allylic oxidation sites excluding steroid dienone is 2. The van der Waals surface area contributed by atoms with Crippen molar-refractivity contribution in [2.24, 2.45) is 11.8 Å². The van der Waals surface area contributed by atoms with E-state index in [0.29, 0.717) is 0 Å². The summed E-state index contributed by atoms with van der Waals surface area (Å²) in [5, 5.41) is 0. The molecule has 0 aromatic carbocycles. The SMILES string of the molecule is C=C1CC2CCC(C2)C1=C. The Bertz CT molecular complexity index is 188. The van der Waals surface area contributed by atoms with Crippen LogP contribution in [0.5, 0.6) is 0 Å². The molecule has 2 rings (SSSR count). The highest BCUT2D eigenvalue weighted by molar-refractivity contribution is 5.32. The van der Waals surface area contributed by atoms with E-state index in [9.17, 15) is 0 Å². The molecule has 2 atom stereocenters. The molecule has 0 N–H and O–H groups in total. The average Bonchev–Trinajstić information content (AvgIpc) is 2.29. The van der Waals surface area contributed by atoms with Crippen LogP contribution in [0.4, 0.5) is 0 Å². The van der Waals surface area contributed by atoms with Gasteiger partial charge in [0.2, 0.25) is 0 Å². The predicted molar refractivity (Wildman–Crippen MR) is 43.7 cm³/mol. The number of rotatable bonds is 0. The molecule has 0 heteroatoms. The van der Waals surface area contributed by atoms with Gasteiger partial charge in [0.15, 0.2) is 0 Å². The summed E-state index contributed by atoms with van der Waals surface area (Å²) in [5.74, 6) is 1.77. The maximum Gasteiger partial charge on any atom is -0.0162 e. The van der Waals surface area contributed by atoms with Crippen molar-refractivity contribution in [2.75, 3.05) is 0 Å². The highest BCUT2D eigenvalue weighted by atomic mass is 14.4. The van der Waals surface area contributed by atoms with E-state index in [1.54, 1.807) is 0 Å². The molecule has 0 heterocycles. The van der Waals surface area contributed by atoms with Crippen LogP contribution in [-0.2, 0) is 0 Å². The Kier molecular flexibility index (Phi) is 1.23. The second kappa shape index (κ2) is 1.98. The minimum Gasteiger partial charge on any atom is -0.0956 e. The maximum atomic E-state index is 4.07. The molecule has 54 valence electrons. The fourth-order valence-electron chi connectivity index (χ4n) is 2.35. The molecule has 0 aromatic heterocycles. The topological polar surface area (TPSA) is 0 Å². The monoisotopic (exact) mass is 134 g/mol. The molecule has 2 fully saturated rings. The smallest absolute Gasteiger partial charge is 0.0162 e. The summed E-state index contributed by atoms with van der Waals surface area (Å²) in [6, 6.07) is 0. The van der Waals surface area contributed by atoms with Gasteiger partial charge in [0.05, 0.1) is 0 Å². The fraction of sp³-hybridized carbons (Fsp3) is 0.600. The first-order chi connectivity index (χ1) is 4.77. The highest BCUT2D eigenvalue weighted by Gasteiger charge is 2.32. The van der Waals surface area contributed by atoms with E-state index < -0.39 is 0 Å². The molecule has 0 spiro atoms. The molecule has 2 bridgehead atoms. The molecule has 0 amide bonds. The second-order valence-corrected chi connectivity index (χ2v) is 3.71. The first-order valence-electron chi connectivity index (χ1n) is 4.14. The minimum atomic E-state index is 0.811. The third-order valence-electron chi connectivity index (χ3n) is 3.02. The third-order valence-corrected chi connectivity index (χ3v) is 3.02. The zero-order chi connectivity index (χ0) is 7.14. The van der Waals surface area contributed by atoms with E-state index in [4.69, 9.17) is 0 Å². The van der Waals surface area contributed by atoms with E-state index in [2.05, 4.69) is 13.2 Å². The van der Waals surface area contributed by atoms with Crippen LogP contribution in [0.2, 0.25) is 0 Å². The standard InChI is InChI=1S/C10H14/c1-7-5-9-3-4-10(6-9)8(7)2/h9-10H,1-6H2. The van der Waals surface area contributed by atoms with E-state index in [1.807, 2.05) is 0 Å². The average molecular weight is 134 g/mol. The van der Waals surface area contributed by atoms with Crippen molar-refractivity contribution >= 4 is 0 Å². The molecule has 0 radical (unpaired) electrons. The molecule has 2 saturated carbocycles. The summed E-state index contributed by atoms with van der Waals surface area (Å²) in [7, 11) is 0. The Balaban J connectivity index is 2.24. The molecule has 0 aliphatic heterocycles. The van der Waals surface area contributed by atoms with Crippen LogP contribution in [0.15, 0.2) is 24.3 Å². The van der Waals surface area contributed by atoms with Crippen LogP contribution < -0.4 is 0 Å². The van der Waals surface area contributed by atoms with Crippen LogP contribution in [0, 0.1) is 11.8 Å². The van der Waals surface area contributed by atoms with Crippen molar-refractivity contribution < 1.29 is 0 Å². The van der Waals surface area contributed by atoms with Gasteiger partial charge < -0.3 is 0 Å². The lowest BCUT2D eigenvalue weighted by Gasteiger charge is -2.23. The van der Waals surface area contributed by atoms with Gasteiger partial charge in [-0.1, -0.05) is 18.7 Å². The van der Waals surface area contributed by atoms with Crippen molar-refractivity contribution in [1.29, 1.82) is 0 Å². The van der Waals surface area contributed by atoms with Gasteiger partial charge >= 0.3 is 0 Å². The maximum absolute atomic E-state index is 4.07. The van der Waals surface area contributed by atoms with Gasteiger partial charge in [0.25, 0.3) is 0 Å². The lowest BCUT2D eigenvalue weighted by molar-refractivity contribution is 0.489. The Hall–Kier alpha value is -0.520. The largest absolute Gasteiger partial charge is 0.0956 e. The van der Waals surface area contributed by atoms with Crippen molar-refractivity contribution in [3.05, 3.63) is 24.3 Å². The van der Waals surface area contributed by atoms with E-state index in [0.717, 1.165) is 11.8 Å². The zero-order valence-corrected chi connectivity index (χ0v) is 6.40. The summed E-state index contributed by atoms with van der Waals surface area (Å²) in [6.07, 6.45) is 5.43. The number of fused-ring (bicyclic) bond motifs is 2. The normalized spacial score (nSPS) is 38.8. The first kappa shape index (κ1) is 6.21. The molecule has 2 aliphatic carbocycles. The van der Waals surface area contributed by atoms with Crippen LogP contribution >= 0.6 is 0 Å². The minimum absolute atomic E-state index is 0.811. The van der Waals surface area contributed by atoms with Gasteiger partial charge in [-0.3, -0.25) is 0 Å². The third kappa shape index (κ3) is 0.749. The lowest BCUT2D eigenvalue weighted by atomic mass is 9.82. The van der Waals surface area contributed by atoms with Gasteiger partial charge in [-0.25, -0.2) is 0 Å². The summed E-state index contributed by atoms with van der Waals surface area (Å²) < 4.78 is 0. The molecule has 0 aromatic rings. The highest BCUT2D eigenvalue weighted by Crippen LogP contribution is 2.46. The summed E-state index contributed by atoms with van der Waals surface area (Å²) >= 11 is 0. The van der Waals surface area contributed by atoms with E-state index in [1.165, 1.54) is 36.8 Å². The van der Waals surface area contributed by atoms with Gasteiger partial charge in [-0.2, -0.15) is 0 Å². The summed E-state index contributed by atoms with van der Waals surface area (Å²) in [4.78, 5) is 0. The van der Waals surface area contributed by atoms with Crippen molar-refractivity contribution in [1.82, 2.24) is 0 Å². The Morgan fingerprint density at radius 3 is 2.80 bits per heavy atom. The number of hydrogen-bond acceptors (Lipinski definition) is 0. The Labute approximate surface area is 62.6 Å². The van der Waals surface area contributed by atoms with E-state index >= 15 is 0 Å². The Morgan fingerprint density at radius 2 is 2.00 bits per heavy atom. The molecule has 0 saturated heterocycles. The van der Waals surface area contributed by atoms with Crippen LogP contribution in [0.3, 0.4) is 0 Å². The summed E-state index contributed by atoms with van der Waals surface area (Å²) in [5.41, 5.74) is 2.69. The zero-order valence-electron chi connectivity index (χ0n) is 6.40. The van der Waals surface area contributed by atoms with Gasteiger partial charge in [0.1, 0.15) is 0 Å². The molecule has 10 heavy (non-hydrogen) atoms. The van der Waals surface area contributed by atoms with Crippen molar-refractivity contribution in [2.45, 2.75) is 25.7 Å². The van der Waals surface area contributed by atoms with Crippen molar-refractivity contribution in [3.8, 4) is 0 Å².